The van der Waals surface area contributed by atoms with Crippen molar-refractivity contribution < 1.29 is 0 Å². The number of unbranched alkanes of at least 4 members (excludes halogenated alkanes) is 2. The quantitative estimate of drug-likeness (QED) is 0.244. The molecule has 39 heavy (non-hydrogen) atoms. The summed E-state index contributed by atoms with van der Waals surface area (Å²) in [4.78, 5) is 0. The Hall–Kier alpha value is -1.13. The van der Waals surface area contributed by atoms with E-state index in [0.717, 1.165) is 0 Å². The van der Waals surface area contributed by atoms with E-state index in [4.69, 9.17) is 0 Å². The summed E-state index contributed by atoms with van der Waals surface area (Å²) in [5.41, 5.74) is 14.4. The van der Waals surface area contributed by atoms with E-state index in [0.29, 0.717) is 17.8 Å². The molecule has 0 radical (unpaired) electrons. The van der Waals surface area contributed by atoms with Crippen LogP contribution in [0.5, 0.6) is 0 Å². The van der Waals surface area contributed by atoms with E-state index in [-0.39, 0.29) is 0 Å². The van der Waals surface area contributed by atoms with Crippen molar-refractivity contribution in [3.63, 3.8) is 0 Å². The molecular weight excluding hydrogens is 487 g/mol. The molecule has 0 aromatic heterocycles. The summed E-state index contributed by atoms with van der Waals surface area (Å²) in [5, 5.41) is 1.91. The standard InChI is InChI=1S/C38H63P/c1-13-15-20-39(21-16-14-2,22-18-17-19-23-39)38-32(12)30(10)29(9)31(11)36(38)37-34(27(5)6)24-33(26(3)4)25-35(37)28(7)8/h24-28H,13-23H2,1-12H3. The van der Waals surface area contributed by atoms with Crippen molar-refractivity contribution in [2.75, 3.05) is 24.6 Å². The molecule has 0 N–H and O–H groups in total. The maximum absolute atomic E-state index is 2.60. The zero-order valence-electron chi connectivity index (χ0n) is 28.1. The Bertz CT molecular complexity index is 1100. The minimum atomic E-state index is -2.18. The third-order valence-corrected chi connectivity index (χ3v) is 18.6. The fourth-order valence-electron chi connectivity index (χ4n) is 8.13. The van der Waals surface area contributed by atoms with Crippen LogP contribution in [0.4, 0.5) is 0 Å². The Morgan fingerprint density at radius 1 is 0.590 bits per heavy atom. The van der Waals surface area contributed by atoms with Crippen molar-refractivity contribution in [3.8, 4) is 11.1 Å². The average Bonchev–Trinajstić information content (AvgIpc) is 2.91. The van der Waals surface area contributed by atoms with E-state index in [1.807, 2.05) is 5.30 Å². The normalized spacial score (nSPS) is 18.1. The molecule has 1 heteroatoms. The maximum atomic E-state index is 2.60. The number of hydrogen-bond acceptors (Lipinski definition) is 0. The van der Waals surface area contributed by atoms with Gasteiger partial charge in [-0.3, -0.25) is 0 Å². The fraction of sp³-hybridized carbons (Fsp3) is 0.684. The van der Waals surface area contributed by atoms with Crippen LogP contribution in [0.25, 0.3) is 11.1 Å². The minimum absolute atomic E-state index is 0.510. The van der Waals surface area contributed by atoms with Crippen LogP contribution in [0.1, 0.15) is 157 Å². The van der Waals surface area contributed by atoms with Gasteiger partial charge in [-0.2, -0.15) is 0 Å². The van der Waals surface area contributed by atoms with E-state index >= 15 is 0 Å². The van der Waals surface area contributed by atoms with Crippen molar-refractivity contribution >= 4 is 11.9 Å². The molecule has 2 aromatic rings. The van der Waals surface area contributed by atoms with Gasteiger partial charge in [0.05, 0.1) is 0 Å². The van der Waals surface area contributed by atoms with Gasteiger partial charge in [-0.25, -0.2) is 0 Å². The summed E-state index contributed by atoms with van der Waals surface area (Å²) < 4.78 is 0. The fourth-order valence-corrected chi connectivity index (χ4v) is 16.8. The van der Waals surface area contributed by atoms with Crippen LogP contribution in [0.2, 0.25) is 0 Å². The Morgan fingerprint density at radius 2 is 1.05 bits per heavy atom. The molecule has 0 unspecified atom stereocenters. The third-order valence-electron chi connectivity index (χ3n) is 10.9. The zero-order valence-corrected chi connectivity index (χ0v) is 29.0. The predicted molar refractivity (Wildman–Crippen MR) is 183 cm³/mol. The second kappa shape index (κ2) is 12.8. The van der Waals surface area contributed by atoms with Gasteiger partial charge in [-0.1, -0.05) is 0 Å². The van der Waals surface area contributed by atoms with Gasteiger partial charge in [-0.05, 0) is 0 Å². The molecule has 0 spiro atoms. The molecule has 2 aromatic carbocycles. The molecule has 1 aliphatic rings. The van der Waals surface area contributed by atoms with E-state index in [9.17, 15) is 0 Å². The van der Waals surface area contributed by atoms with E-state index in [2.05, 4.69) is 95.2 Å². The molecule has 0 aliphatic carbocycles. The number of rotatable bonds is 11. The van der Waals surface area contributed by atoms with Crippen molar-refractivity contribution in [2.24, 2.45) is 0 Å². The summed E-state index contributed by atoms with van der Waals surface area (Å²) in [6.45, 7) is 27.0. The van der Waals surface area contributed by atoms with Crippen LogP contribution < -0.4 is 5.30 Å². The van der Waals surface area contributed by atoms with Crippen molar-refractivity contribution in [1.82, 2.24) is 0 Å². The van der Waals surface area contributed by atoms with Crippen LogP contribution in [0, 0.1) is 27.7 Å². The van der Waals surface area contributed by atoms with Crippen LogP contribution in [-0.2, 0) is 0 Å². The average molecular weight is 551 g/mol. The Labute approximate surface area is 244 Å². The molecule has 0 bridgehead atoms. The van der Waals surface area contributed by atoms with Gasteiger partial charge >= 0.3 is 245 Å². The van der Waals surface area contributed by atoms with Gasteiger partial charge in [-0.15, -0.1) is 0 Å². The van der Waals surface area contributed by atoms with Crippen LogP contribution >= 0.6 is 6.60 Å². The van der Waals surface area contributed by atoms with Crippen molar-refractivity contribution in [1.29, 1.82) is 0 Å². The summed E-state index contributed by atoms with van der Waals surface area (Å²) >= 11 is 0. The Kier molecular flexibility index (Phi) is 10.6. The molecular formula is C38H63P. The van der Waals surface area contributed by atoms with Crippen molar-refractivity contribution in [2.45, 2.75) is 146 Å². The third kappa shape index (κ3) is 5.94. The first-order chi connectivity index (χ1) is 18.3. The predicted octanol–water partition coefficient (Wildman–Crippen LogP) is 11.9. The van der Waals surface area contributed by atoms with E-state index < -0.39 is 6.60 Å². The zero-order chi connectivity index (χ0) is 29.1. The molecule has 0 saturated carbocycles. The summed E-state index contributed by atoms with van der Waals surface area (Å²) in [6, 6.07) is 5.20. The van der Waals surface area contributed by atoms with Crippen molar-refractivity contribution in [3.05, 3.63) is 51.1 Å². The molecule has 0 nitrogen and oxygen atoms in total. The van der Waals surface area contributed by atoms with Gasteiger partial charge in [0.15, 0.2) is 0 Å². The molecule has 220 valence electrons. The van der Waals surface area contributed by atoms with E-state index in [1.165, 1.54) is 80.7 Å². The van der Waals surface area contributed by atoms with Crippen LogP contribution in [0.15, 0.2) is 12.1 Å². The van der Waals surface area contributed by atoms with E-state index in [1.54, 1.807) is 38.9 Å². The molecule has 1 fully saturated rings. The van der Waals surface area contributed by atoms with Crippen LogP contribution in [0.3, 0.4) is 0 Å². The van der Waals surface area contributed by atoms with Crippen LogP contribution in [-0.4, -0.2) is 24.6 Å². The first-order valence-corrected chi connectivity index (χ1v) is 19.6. The first-order valence-electron chi connectivity index (χ1n) is 16.6. The monoisotopic (exact) mass is 550 g/mol. The molecule has 1 saturated heterocycles. The second-order valence-electron chi connectivity index (χ2n) is 14.4. The summed E-state index contributed by atoms with van der Waals surface area (Å²) in [7, 11) is 0. The first kappa shape index (κ1) is 32.4. The SMILES string of the molecule is CCCCP1(CCCC)(c2c(C)c(C)c(C)c(C)c2-c2c(C(C)C)cc(C(C)C)cc2C(C)C)CCCCC1. The number of hydrogen-bond donors (Lipinski definition) is 0. The van der Waals surface area contributed by atoms with Gasteiger partial charge in [0.2, 0.25) is 0 Å². The molecule has 0 amide bonds. The summed E-state index contributed by atoms with van der Waals surface area (Å²) in [5.74, 6) is 1.57. The Balaban J connectivity index is 2.64. The van der Waals surface area contributed by atoms with Gasteiger partial charge in [0.1, 0.15) is 0 Å². The number of benzene rings is 2. The van der Waals surface area contributed by atoms with Gasteiger partial charge in [0.25, 0.3) is 0 Å². The second-order valence-corrected chi connectivity index (χ2v) is 20.6. The van der Waals surface area contributed by atoms with Gasteiger partial charge < -0.3 is 0 Å². The Morgan fingerprint density at radius 3 is 1.46 bits per heavy atom. The molecule has 1 aliphatic heterocycles. The molecule has 1 heterocycles. The molecule has 0 atom stereocenters. The van der Waals surface area contributed by atoms with Gasteiger partial charge in [0, 0.05) is 0 Å². The molecule has 3 rings (SSSR count). The summed E-state index contributed by atoms with van der Waals surface area (Å²) in [6.07, 6.45) is 15.7. The topological polar surface area (TPSA) is 0 Å².